The zero-order valence-corrected chi connectivity index (χ0v) is 11.4. The Morgan fingerprint density at radius 1 is 1.21 bits per heavy atom. The van der Waals surface area contributed by atoms with Crippen molar-refractivity contribution in [3.8, 4) is 5.69 Å². The lowest BCUT2D eigenvalue weighted by Gasteiger charge is -2.04. The van der Waals surface area contributed by atoms with Crippen LogP contribution in [-0.2, 0) is 0 Å². The van der Waals surface area contributed by atoms with E-state index in [9.17, 15) is 5.11 Å². The summed E-state index contributed by atoms with van der Waals surface area (Å²) in [5.41, 5.74) is 1.26. The van der Waals surface area contributed by atoms with E-state index < -0.39 is 6.10 Å². The number of hydrogen-bond donors (Lipinski definition) is 1. The van der Waals surface area contributed by atoms with Crippen molar-refractivity contribution in [3.05, 3.63) is 64.8 Å². The molecule has 96 valence electrons. The van der Waals surface area contributed by atoms with E-state index in [-0.39, 0.29) is 0 Å². The third kappa shape index (κ3) is 2.32. The van der Waals surface area contributed by atoms with Crippen LogP contribution in [0, 0.1) is 0 Å². The number of furan rings is 1. The molecule has 0 aliphatic heterocycles. The van der Waals surface area contributed by atoms with Crippen LogP contribution in [0.4, 0.5) is 0 Å². The molecule has 1 unspecified atom stereocenters. The minimum Gasteiger partial charge on any atom is -0.465 e. The van der Waals surface area contributed by atoms with E-state index in [4.69, 9.17) is 4.42 Å². The van der Waals surface area contributed by atoms with Crippen LogP contribution in [0.5, 0.6) is 0 Å². The Labute approximate surface area is 117 Å². The average Bonchev–Trinajstić information content (AvgIpc) is 3.08. The second-order valence-electron chi connectivity index (χ2n) is 3.93. The van der Waals surface area contributed by atoms with Gasteiger partial charge in [0.05, 0.1) is 22.6 Å². The summed E-state index contributed by atoms with van der Waals surface area (Å²) in [6, 6.07) is 11.2. The Bertz CT molecular complexity index is 678. The number of benzene rings is 1. The zero-order chi connectivity index (χ0) is 13.2. The van der Waals surface area contributed by atoms with Gasteiger partial charge in [0, 0.05) is 0 Å². The molecule has 0 amide bonds. The molecule has 0 bridgehead atoms. The highest BCUT2D eigenvalue weighted by molar-refractivity contribution is 9.10. The van der Waals surface area contributed by atoms with E-state index in [1.807, 2.05) is 30.3 Å². The highest BCUT2D eigenvalue weighted by Gasteiger charge is 2.20. The second kappa shape index (κ2) is 4.99. The molecule has 0 saturated heterocycles. The lowest BCUT2D eigenvalue weighted by Crippen LogP contribution is -2.03. The molecule has 1 N–H and O–H groups in total. The third-order valence-electron chi connectivity index (χ3n) is 2.67. The van der Waals surface area contributed by atoms with Crippen LogP contribution in [0.2, 0.25) is 0 Å². The molecule has 0 saturated carbocycles. The van der Waals surface area contributed by atoms with Gasteiger partial charge in [-0.05, 0) is 34.1 Å². The normalized spacial score (nSPS) is 12.5. The largest absolute Gasteiger partial charge is 0.465 e. The Kier molecular flexibility index (Phi) is 3.18. The first kappa shape index (κ1) is 12.1. The van der Waals surface area contributed by atoms with Crippen molar-refractivity contribution in [2.24, 2.45) is 0 Å². The first-order valence-electron chi connectivity index (χ1n) is 5.64. The summed E-state index contributed by atoms with van der Waals surface area (Å²) >= 11 is 3.31. The van der Waals surface area contributed by atoms with Crippen molar-refractivity contribution >= 4 is 15.9 Å². The maximum Gasteiger partial charge on any atom is 0.158 e. The van der Waals surface area contributed by atoms with Gasteiger partial charge in [0.15, 0.2) is 11.9 Å². The van der Waals surface area contributed by atoms with Crippen molar-refractivity contribution < 1.29 is 9.52 Å². The van der Waals surface area contributed by atoms with Gasteiger partial charge in [0.2, 0.25) is 0 Å². The molecule has 0 radical (unpaired) electrons. The molecule has 1 aromatic carbocycles. The quantitative estimate of drug-likeness (QED) is 0.806. The van der Waals surface area contributed by atoms with E-state index in [1.54, 1.807) is 6.07 Å². The minimum absolute atomic E-state index is 0.417. The predicted octanol–water partition coefficient (Wildman–Crippen LogP) is 2.70. The van der Waals surface area contributed by atoms with Gasteiger partial charge in [-0.15, -0.1) is 0 Å². The van der Waals surface area contributed by atoms with Gasteiger partial charge in [-0.3, -0.25) is 0 Å². The smallest absolute Gasteiger partial charge is 0.158 e. The molecule has 6 heteroatoms. The van der Waals surface area contributed by atoms with Gasteiger partial charge in [0.25, 0.3) is 0 Å². The summed E-state index contributed by atoms with van der Waals surface area (Å²) < 4.78 is 5.92. The van der Waals surface area contributed by atoms with Crippen molar-refractivity contribution in [2.45, 2.75) is 6.10 Å². The molecule has 0 spiro atoms. The highest BCUT2D eigenvalue weighted by Crippen LogP contribution is 2.28. The van der Waals surface area contributed by atoms with E-state index >= 15 is 0 Å². The number of aliphatic hydroxyl groups is 1. The van der Waals surface area contributed by atoms with E-state index in [1.165, 1.54) is 17.3 Å². The van der Waals surface area contributed by atoms with Crippen LogP contribution in [-0.4, -0.2) is 20.1 Å². The molecular formula is C13H10BrN3O2. The topological polar surface area (TPSA) is 64.1 Å². The van der Waals surface area contributed by atoms with Crippen molar-refractivity contribution in [1.82, 2.24) is 15.0 Å². The number of halogens is 1. The van der Waals surface area contributed by atoms with Gasteiger partial charge in [-0.25, -0.2) is 0 Å². The van der Waals surface area contributed by atoms with Gasteiger partial charge in [-0.1, -0.05) is 18.2 Å². The summed E-state index contributed by atoms with van der Waals surface area (Å²) in [4.78, 5) is 1.47. The number of aromatic nitrogens is 3. The maximum absolute atomic E-state index is 10.2. The van der Waals surface area contributed by atoms with Gasteiger partial charge in [0.1, 0.15) is 5.69 Å². The number of nitrogens with zero attached hydrogens (tertiary/aromatic N) is 3. The lowest BCUT2D eigenvalue weighted by atomic mass is 10.2. The molecule has 3 rings (SSSR count). The molecule has 2 aromatic heterocycles. The Balaban J connectivity index is 1.92. The molecule has 1 atom stereocenters. The molecule has 0 aliphatic carbocycles. The monoisotopic (exact) mass is 319 g/mol. The van der Waals surface area contributed by atoms with Gasteiger partial charge >= 0.3 is 0 Å². The van der Waals surface area contributed by atoms with E-state index in [2.05, 4.69) is 26.1 Å². The maximum atomic E-state index is 10.2. The third-order valence-corrected chi connectivity index (χ3v) is 3.33. The van der Waals surface area contributed by atoms with Crippen LogP contribution < -0.4 is 0 Å². The fraction of sp³-hybridized carbons (Fsp3) is 0.0769. The lowest BCUT2D eigenvalue weighted by molar-refractivity contribution is 0.183. The zero-order valence-electron chi connectivity index (χ0n) is 9.77. The second-order valence-corrected chi connectivity index (χ2v) is 4.78. The Hall–Kier alpha value is -1.92. The standard InChI is InChI=1S/C13H10BrN3O2/c14-10-6-7-19-13(10)12(18)11-8-15-17(16-11)9-4-2-1-3-5-9/h1-8,12,18H. The molecule has 3 aromatic rings. The van der Waals surface area contributed by atoms with Gasteiger partial charge in [-0.2, -0.15) is 15.0 Å². The van der Waals surface area contributed by atoms with Crippen molar-refractivity contribution in [3.63, 3.8) is 0 Å². The molecule has 0 fully saturated rings. The van der Waals surface area contributed by atoms with Crippen LogP contribution in [0.25, 0.3) is 5.69 Å². The van der Waals surface area contributed by atoms with Crippen molar-refractivity contribution in [1.29, 1.82) is 0 Å². The van der Waals surface area contributed by atoms with Crippen LogP contribution in [0.15, 0.2) is 57.7 Å². The van der Waals surface area contributed by atoms with Crippen molar-refractivity contribution in [2.75, 3.05) is 0 Å². The summed E-state index contributed by atoms with van der Waals surface area (Å²) in [6.45, 7) is 0. The molecule has 2 heterocycles. The summed E-state index contributed by atoms with van der Waals surface area (Å²) in [5, 5.41) is 18.6. The molecule has 19 heavy (non-hydrogen) atoms. The minimum atomic E-state index is -0.943. The molecule has 5 nitrogen and oxygen atoms in total. The van der Waals surface area contributed by atoms with Gasteiger partial charge < -0.3 is 9.52 Å². The predicted molar refractivity (Wildman–Crippen MR) is 71.8 cm³/mol. The molecule has 0 aliphatic rings. The first-order chi connectivity index (χ1) is 9.25. The SMILES string of the molecule is OC(c1cnn(-c2ccccc2)n1)c1occc1Br. The Morgan fingerprint density at radius 3 is 2.68 bits per heavy atom. The summed E-state index contributed by atoms with van der Waals surface area (Å²) in [5.74, 6) is 0.417. The first-order valence-corrected chi connectivity index (χ1v) is 6.43. The van der Waals surface area contributed by atoms with E-state index in [0.29, 0.717) is 15.9 Å². The fourth-order valence-electron chi connectivity index (χ4n) is 1.72. The van der Waals surface area contributed by atoms with Crippen LogP contribution in [0.1, 0.15) is 17.6 Å². The number of hydrogen-bond acceptors (Lipinski definition) is 4. The number of rotatable bonds is 3. The average molecular weight is 320 g/mol. The Morgan fingerprint density at radius 2 is 2.00 bits per heavy atom. The van der Waals surface area contributed by atoms with Crippen LogP contribution in [0.3, 0.4) is 0 Å². The molecular weight excluding hydrogens is 310 g/mol. The summed E-state index contributed by atoms with van der Waals surface area (Å²) in [7, 11) is 0. The number of aliphatic hydroxyl groups excluding tert-OH is 1. The number of para-hydroxylation sites is 1. The summed E-state index contributed by atoms with van der Waals surface area (Å²) in [6.07, 6.45) is 2.08. The fourth-order valence-corrected chi connectivity index (χ4v) is 2.14. The van der Waals surface area contributed by atoms with E-state index in [0.717, 1.165) is 5.69 Å². The van der Waals surface area contributed by atoms with Crippen LogP contribution >= 0.6 is 15.9 Å². The highest BCUT2D eigenvalue weighted by atomic mass is 79.9.